The smallest absolute Gasteiger partial charge is 0.286 e. The van der Waals surface area contributed by atoms with Crippen molar-refractivity contribution in [1.29, 1.82) is 0 Å². The third-order valence-electron chi connectivity index (χ3n) is 4.61. The van der Waals surface area contributed by atoms with E-state index in [2.05, 4.69) is 15.5 Å². The van der Waals surface area contributed by atoms with Gasteiger partial charge in [-0.05, 0) is 49.2 Å². The lowest BCUT2D eigenvalue weighted by Crippen LogP contribution is -2.30. The van der Waals surface area contributed by atoms with Gasteiger partial charge in [-0.15, -0.1) is 10.2 Å². The molecular weight excluding hydrogens is 451 g/mol. The van der Waals surface area contributed by atoms with E-state index in [4.69, 9.17) is 11.6 Å². The summed E-state index contributed by atoms with van der Waals surface area (Å²) in [6, 6.07) is 11.1. The van der Waals surface area contributed by atoms with Gasteiger partial charge in [0.25, 0.3) is 5.91 Å². The zero-order valence-corrected chi connectivity index (χ0v) is 17.8. The largest absolute Gasteiger partial charge is 0.320 e. The van der Waals surface area contributed by atoms with Gasteiger partial charge in [-0.2, -0.15) is 4.31 Å². The summed E-state index contributed by atoms with van der Waals surface area (Å²) in [6.07, 6.45) is 1.23. The number of carbonyl (C=O) groups excluding carboxylic acids is 1. The highest BCUT2D eigenvalue weighted by Gasteiger charge is 2.38. The van der Waals surface area contributed by atoms with E-state index in [-0.39, 0.29) is 9.90 Å². The van der Waals surface area contributed by atoms with Crippen LogP contribution in [-0.4, -0.2) is 35.4 Å². The first-order chi connectivity index (χ1) is 14.3. The molecule has 1 fully saturated rings. The van der Waals surface area contributed by atoms with E-state index in [1.807, 2.05) is 0 Å². The minimum Gasteiger partial charge on any atom is -0.320 e. The van der Waals surface area contributed by atoms with Gasteiger partial charge in [0.05, 0.1) is 10.9 Å². The molecule has 7 nitrogen and oxygen atoms in total. The number of anilines is 1. The predicted octanol–water partition coefficient (Wildman–Crippen LogP) is 4.11. The fourth-order valence-electron chi connectivity index (χ4n) is 3.25. The van der Waals surface area contributed by atoms with E-state index in [1.165, 1.54) is 34.6 Å². The van der Waals surface area contributed by atoms with Crippen LogP contribution in [0.1, 0.15) is 33.7 Å². The summed E-state index contributed by atoms with van der Waals surface area (Å²) in [5.74, 6) is -1.01. The Morgan fingerprint density at radius 1 is 1.20 bits per heavy atom. The van der Waals surface area contributed by atoms with Crippen LogP contribution in [0.5, 0.6) is 0 Å². The molecule has 1 amide bonds. The first-order valence-corrected chi connectivity index (χ1v) is 11.7. The lowest BCUT2D eigenvalue weighted by Gasteiger charge is -2.22. The SMILES string of the molecule is O=C(Nc1cccc(F)c1)c1nnc([C@@H]2CCCN2S(=O)(=O)c2cccc(Cl)c2)s1. The molecule has 1 aliphatic heterocycles. The zero-order chi connectivity index (χ0) is 21.3. The maximum Gasteiger partial charge on any atom is 0.286 e. The van der Waals surface area contributed by atoms with Gasteiger partial charge in [0.15, 0.2) is 0 Å². The van der Waals surface area contributed by atoms with Gasteiger partial charge >= 0.3 is 0 Å². The average Bonchev–Trinajstić information content (AvgIpc) is 3.38. The van der Waals surface area contributed by atoms with Gasteiger partial charge < -0.3 is 5.32 Å². The summed E-state index contributed by atoms with van der Waals surface area (Å²) >= 11 is 6.97. The second kappa shape index (κ2) is 8.38. The van der Waals surface area contributed by atoms with Crippen molar-refractivity contribution in [2.45, 2.75) is 23.8 Å². The van der Waals surface area contributed by atoms with Crippen LogP contribution in [0.25, 0.3) is 0 Å². The fraction of sp³-hybridized carbons (Fsp3) is 0.211. The van der Waals surface area contributed by atoms with Crippen molar-refractivity contribution in [3.05, 3.63) is 69.4 Å². The van der Waals surface area contributed by atoms with Gasteiger partial charge in [-0.25, -0.2) is 12.8 Å². The third kappa shape index (κ3) is 4.22. The lowest BCUT2D eigenvalue weighted by molar-refractivity contribution is 0.102. The minimum atomic E-state index is -3.78. The number of benzene rings is 2. The molecular formula is C19H16ClFN4O3S2. The number of hydrogen-bond acceptors (Lipinski definition) is 6. The molecule has 2 heterocycles. The van der Waals surface area contributed by atoms with E-state index in [0.29, 0.717) is 35.1 Å². The quantitative estimate of drug-likeness (QED) is 0.611. The van der Waals surface area contributed by atoms with Crippen molar-refractivity contribution in [1.82, 2.24) is 14.5 Å². The second-order valence-electron chi connectivity index (χ2n) is 6.64. The molecule has 156 valence electrons. The maximum atomic E-state index is 13.3. The molecule has 0 bridgehead atoms. The molecule has 2 aromatic carbocycles. The summed E-state index contributed by atoms with van der Waals surface area (Å²) < 4.78 is 40.9. The molecule has 4 rings (SSSR count). The molecule has 1 atom stereocenters. The van der Waals surface area contributed by atoms with Crippen LogP contribution in [0.2, 0.25) is 5.02 Å². The highest BCUT2D eigenvalue weighted by molar-refractivity contribution is 7.89. The third-order valence-corrected chi connectivity index (χ3v) is 7.77. The van der Waals surface area contributed by atoms with Crippen LogP contribution in [0.3, 0.4) is 0 Å². The number of aromatic nitrogens is 2. The number of halogens is 2. The number of amides is 1. The standard InChI is InChI=1S/C19H16ClFN4O3S2/c20-12-4-1-7-15(10-12)30(27,28)25-9-3-8-16(25)18-23-24-19(29-18)17(26)22-14-6-2-5-13(21)11-14/h1-2,4-7,10-11,16H,3,8-9H2,(H,22,26)/t16-/m0/s1. The van der Waals surface area contributed by atoms with Crippen molar-refractivity contribution < 1.29 is 17.6 Å². The maximum absolute atomic E-state index is 13.3. The molecule has 1 saturated heterocycles. The summed E-state index contributed by atoms with van der Waals surface area (Å²) in [6.45, 7) is 0.337. The first kappa shape index (κ1) is 20.9. The van der Waals surface area contributed by atoms with E-state index in [9.17, 15) is 17.6 Å². The number of carbonyl (C=O) groups is 1. The van der Waals surface area contributed by atoms with Crippen molar-refractivity contribution in [3.63, 3.8) is 0 Å². The number of nitrogens with zero attached hydrogens (tertiary/aromatic N) is 3. The zero-order valence-electron chi connectivity index (χ0n) is 15.5. The van der Waals surface area contributed by atoms with E-state index in [1.54, 1.807) is 18.2 Å². The fourth-order valence-corrected chi connectivity index (χ4v) is 6.16. The highest BCUT2D eigenvalue weighted by Crippen LogP contribution is 2.38. The summed E-state index contributed by atoms with van der Waals surface area (Å²) in [7, 11) is -3.78. The monoisotopic (exact) mass is 466 g/mol. The number of nitrogens with one attached hydrogen (secondary N) is 1. The molecule has 30 heavy (non-hydrogen) atoms. The molecule has 0 spiro atoms. The summed E-state index contributed by atoms with van der Waals surface area (Å²) in [5.41, 5.74) is 0.294. The normalized spacial score (nSPS) is 17.2. The van der Waals surface area contributed by atoms with Gasteiger partial charge in [0.2, 0.25) is 15.0 Å². The van der Waals surface area contributed by atoms with Crippen molar-refractivity contribution in [2.24, 2.45) is 0 Å². The second-order valence-corrected chi connectivity index (χ2v) is 9.98. The summed E-state index contributed by atoms with van der Waals surface area (Å²) in [4.78, 5) is 12.5. The van der Waals surface area contributed by atoms with Crippen LogP contribution in [0.4, 0.5) is 10.1 Å². The van der Waals surface area contributed by atoms with Crippen molar-refractivity contribution in [2.75, 3.05) is 11.9 Å². The lowest BCUT2D eigenvalue weighted by atomic mass is 10.2. The number of hydrogen-bond donors (Lipinski definition) is 1. The van der Waals surface area contributed by atoms with Gasteiger partial charge in [-0.1, -0.05) is 35.1 Å². The Labute approximate surface area is 181 Å². The van der Waals surface area contributed by atoms with Crippen LogP contribution < -0.4 is 5.32 Å². The molecule has 1 aliphatic rings. The topological polar surface area (TPSA) is 92.3 Å². The molecule has 1 aromatic heterocycles. The molecule has 0 aliphatic carbocycles. The Morgan fingerprint density at radius 3 is 2.77 bits per heavy atom. The Hall–Kier alpha value is -2.40. The van der Waals surface area contributed by atoms with Crippen LogP contribution in [0, 0.1) is 5.82 Å². The Balaban J connectivity index is 1.55. The van der Waals surface area contributed by atoms with Crippen molar-refractivity contribution >= 4 is 44.6 Å². The summed E-state index contributed by atoms with van der Waals surface area (Å²) in [5, 5.41) is 11.4. The molecule has 3 aromatic rings. The molecule has 0 unspecified atom stereocenters. The molecule has 0 saturated carbocycles. The van der Waals surface area contributed by atoms with Gasteiger partial charge in [0, 0.05) is 17.3 Å². The van der Waals surface area contributed by atoms with Gasteiger partial charge in [-0.3, -0.25) is 4.79 Å². The Kier molecular flexibility index (Phi) is 5.83. The van der Waals surface area contributed by atoms with Crippen LogP contribution in [-0.2, 0) is 10.0 Å². The van der Waals surface area contributed by atoms with Crippen LogP contribution in [0.15, 0.2) is 53.4 Å². The Bertz CT molecular complexity index is 1200. The van der Waals surface area contributed by atoms with E-state index < -0.39 is 27.8 Å². The average molecular weight is 467 g/mol. The first-order valence-electron chi connectivity index (χ1n) is 9.02. The molecule has 1 N–H and O–H groups in total. The van der Waals surface area contributed by atoms with Crippen molar-refractivity contribution in [3.8, 4) is 0 Å². The molecule has 0 radical (unpaired) electrons. The van der Waals surface area contributed by atoms with Gasteiger partial charge in [0.1, 0.15) is 10.8 Å². The molecule has 11 heteroatoms. The highest BCUT2D eigenvalue weighted by atomic mass is 35.5. The van der Waals surface area contributed by atoms with E-state index >= 15 is 0 Å². The number of sulfonamides is 1. The predicted molar refractivity (Wildman–Crippen MR) is 112 cm³/mol. The number of rotatable bonds is 5. The minimum absolute atomic E-state index is 0.0706. The Morgan fingerprint density at radius 2 is 2.00 bits per heavy atom. The van der Waals surface area contributed by atoms with E-state index in [0.717, 1.165) is 11.3 Å². The van der Waals surface area contributed by atoms with Crippen LogP contribution >= 0.6 is 22.9 Å².